The highest BCUT2D eigenvalue weighted by Gasteiger charge is 2.22. The van der Waals surface area contributed by atoms with Crippen molar-refractivity contribution in [1.29, 1.82) is 0 Å². The van der Waals surface area contributed by atoms with Gasteiger partial charge in [-0.1, -0.05) is 28.1 Å². The van der Waals surface area contributed by atoms with Gasteiger partial charge in [0, 0.05) is 30.7 Å². The van der Waals surface area contributed by atoms with Gasteiger partial charge in [-0.05, 0) is 24.1 Å². The van der Waals surface area contributed by atoms with Gasteiger partial charge in [0.2, 0.25) is 0 Å². The van der Waals surface area contributed by atoms with Gasteiger partial charge in [-0.15, -0.1) is 12.4 Å². The Labute approximate surface area is 123 Å². The zero-order chi connectivity index (χ0) is 12.3. The van der Waals surface area contributed by atoms with Crippen LogP contribution in [0, 0.1) is 6.92 Å². The van der Waals surface area contributed by atoms with E-state index in [1.807, 2.05) is 0 Å². The maximum absolute atomic E-state index is 9.64. The number of rotatable bonds is 3. The summed E-state index contributed by atoms with van der Waals surface area (Å²) in [6.07, 6.45) is 0. The number of benzene rings is 1. The lowest BCUT2D eigenvalue weighted by Crippen LogP contribution is -2.46. The highest BCUT2D eigenvalue weighted by molar-refractivity contribution is 9.10. The molecular weight excluding hydrogens is 316 g/mol. The number of hydrogen-bond acceptors (Lipinski definition) is 3. The number of piperazine rings is 1. The lowest BCUT2D eigenvalue weighted by molar-refractivity contribution is 0.110. The second kappa shape index (κ2) is 7.46. The molecule has 1 aliphatic heterocycles. The van der Waals surface area contributed by atoms with E-state index in [9.17, 15) is 5.11 Å². The van der Waals surface area contributed by atoms with Crippen LogP contribution in [0.2, 0.25) is 0 Å². The van der Waals surface area contributed by atoms with E-state index in [0.29, 0.717) is 0 Å². The fourth-order valence-electron chi connectivity index (χ4n) is 2.31. The van der Waals surface area contributed by atoms with Crippen molar-refractivity contribution in [2.75, 3.05) is 32.8 Å². The van der Waals surface area contributed by atoms with E-state index in [1.54, 1.807) is 0 Å². The van der Waals surface area contributed by atoms with Gasteiger partial charge in [0.15, 0.2) is 0 Å². The second-order valence-electron chi connectivity index (χ2n) is 4.51. The minimum Gasteiger partial charge on any atom is -0.394 e. The van der Waals surface area contributed by atoms with E-state index in [2.05, 4.69) is 51.3 Å². The van der Waals surface area contributed by atoms with Gasteiger partial charge in [0.1, 0.15) is 0 Å². The molecule has 1 saturated heterocycles. The lowest BCUT2D eigenvalue weighted by atomic mass is 10.0. The van der Waals surface area contributed by atoms with E-state index in [-0.39, 0.29) is 25.1 Å². The number of aliphatic hydroxyl groups excluding tert-OH is 1. The maximum Gasteiger partial charge on any atom is 0.0629 e. The summed E-state index contributed by atoms with van der Waals surface area (Å²) in [5.41, 5.74) is 2.41. The highest BCUT2D eigenvalue weighted by Crippen LogP contribution is 2.28. The number of nitrogens with one attached hydrogen (secondary N) is 1. The van der Waals surface area contributed by atoms with E-state index >= 15 is 0 Å². The molecule has 0 saturated carbocycles. The maximum atomic E-state index is 9.64. The van der Waals surface area contributed by atoms with Crippen LogP contribution in [0.15, 0.2) is 22.7 Å². The number of aryl methyl sites for hydroxylation is 1. The van der Waals surface area contributed by atoms with Gasteiger partial charge in [0.05, 0.1) is 12.6 Å². The molecule has 2 rings (SSSR count). The highest BCUT2D eigenvalue weighted by atomic mass is 79.9. The van der Waals surface area contributed by atoms with Crippen LogP contribution in [0.5, 0.6) is 0 Å². The molecule has 1 fully saturated rings. The summed E-state index contributed by atoms with van der Waals surface area (Å²) >= 11 is 3.60. The first-order valence-corrected chi connectivity index (χ1v) is 6.83. The van der Waals surface area contributed by atoms with E-state index in [4.69, 9.17) is 0 Å². The standard InChI is InChI=1S/C13H19BrN2O.ClH/c1-10-2-3-11(12(14)8-10)13(9-17)16-6-4-15-5-7-16;/h2-3,8,13,15,17H,4-7,9H2,1H3;1H/t13-;/m1./s1. The second-order valence-corrected chi connectivity index (χ2v) is 5.36. The van der Waals surface area contributed by atoms with Gasteiger partial charge < -0.3 is 10.4 Å². The molecule has 1 aliphatic rings. The third-order valence-corrected chi connectivity index (χ3v) is 3.97. The van der Waals surface area contributed by atoms with E-state index < -0.39 is 0 Å². The average molecular weight is 336 g/mol. The first-order chi connectivity index (χ1) is 8.22. The SMILES string of the molecule is Cc1ccc([C@@H](CO)N2CCNCC2)c(Br)c1.Cl. The molecule has 18 heavy (non-hydrogen) atoms. The molecule has 0 bridgehead atoms. The molecule has 5 heteroatoms. The van der Waals surface area contributed by atoms with E-state index in [0.717, 1.165) is 30.7 Å². The summed E-state index contributed by atoms with van der Waals surface area (Å²) in [4.78, 5) is 2.34. The molecule has 0 radical (unpaired) electrons. The summed E-state index contributed by atoms with van der Waals surface area (Å²) < 4.78 is 1.09. The normalized spacial score (nSPS) is 18.2. The first kappa shape index (κ1) is 15.9. The van der Waals surface area contributed by atoms with Gasteiger partial charge in [-0.3, -0.25) is 4.90 Å². The Morgan fingerprint density at radius 1 is 1.39 bits per heavy atom. The van der Waals surface area contributed by atoms with Gasteiger partial charge in [0.25, 0.3) is 0 Å². The fraction of sp³-hybridized carbons (Fsp3) is 0.538. The minimum atomic E-state index is 0. The Balaban J connectivity index is 0.00000162. The van der Waals surface area contributed by atoms with Crippen molar-refractivity contribution < 1.29 is 5.11 Å². The zero-order valence-corrected chi connectivity index (χ0v) is 12.9. The molecule has 102 valence electrons. The van der Waals surface area contributed by atoms with Crippen molar-refractivity contribution in [2.45, 2.75) is 13.0 Å². The fourth-order valence-corrected chi connectivity index (χ4v) is 3.06. The van der Waals surface area contributed by atoms with Crippen molar-refractivity contribution in [3.63, 3.8) is 0 Å². The van der Waals surface area contributed by atoms with Gasteiger partial charge >= 0.3 is 0 Å². The number of halogens is 2. The van der Waals surface area contributed by atoms with Crippen molar-refractivity contribution in [3.05, 3.63) is 33.8 Å². The quantitative estimate of drug-likeness (QED) is 0.888. The Morgan fingerprint density at radius 2 is 2.06 bits per heavy atom. The van der Waals surface area contributed by atoms with Gasteiger partial charge in [-0.2, -0.15) is 0 Å². The molecule has 2 N–H and O–H groups in total. The summed E-state index contributed by atoms with van der Waals surface area (Å²) in [6, 6.07) is 6.43. The molecule has 3 nitrogen and oxygen atoms in total. The van der Waals surface area contributed by atoms with Crippen LogP contribution >= 0.6 is 28.3 Å². The molecule has 0 unspecified atom stereocenters. The molecule has 0 aromatic heterocycles. The monoisotopic (exact) mass is 334 g/mol. The van der Waals surface area contributed by atoms with Crippen LogP contribution in [0.3, 0.4) is 0 Å². The van der Waals surface area contributed by atoms with Crippen molar-refractivity contribution >= 4 is 28.3 Å². The number of nitrogens with zero attached hydrogens (tertiary/aromatic N) is 1. The molecule has 0 aliphatic carbocycles. The number of aliphatic hydroxyl groups is 1. The average Bonchev–Trinajstić information content (AvgIpc) is 2.34. The van der Waals surface area contributed by atoms with Crippen LogP contribution in [0.25, 0.3) is 0 Å². The van der Waals surface area contributed by atoms with Crippen LogP contribution < -0.4 is 5.32 Å². The molecule has 0 amide bonds. The molecule has 1 atom stereocenters. The van der Waals surface area contributed by atoms with Crippen molar-refractivity contribution in [3.8, 4) is 0 Å². The largest absolute Gasteiger partial charge is 0.394 e. The topological polar surface area (TPSA) is 35.5 Å². The van der Waals surface area contributed by atoms with Gasteiger partial charge in [-0.25, -0.2) is 0 Å². The summed E-state index contributed by atoms with van der Waals surface area (Å²) in [7, 11) is 0. The third-order valence-electron chi connectivity index (χ3n) is 3.28. The molecular formula is C13H20BrClN2O. The lowest BCUT2D eigenvalue weighted by Gasteiger charge is -2.34. The summed E-state index contributed by atoms with van der Waals surface area (Å²) in [5, 5.41) is 13.0. The Morgan fingerprint density at radius 3 is 2.61 bits per heavy atom. The van der Waals surface area contributed by atoms with Crippen molar-refractivity contribution in [1.82, 2.24) is 10.2 Å². The number of hydrogen-bond donors (Lipinski definition) is 2. The van der Waals surface area contributed by atoms with Crippen LogP contribution in [0.4, 0.5) is 0 Å². The molecule has 1 heterocycles. The smallest absolute Gasteiger partial charge is 0.0629 e. The minimum absolute atomic E-state index is 0. The van der Waals surface area contributed by atoms with Crippen LogP contribution in [-0.2, 0) is 0 Å². The predicted octanol–water partition coefficient (Wildman–Crippen LogP) is 2.12. The van der Waals surface area contributed by atoms with Crippen LogP contribution in [-0.4, -0.2) is 42.8 Å². The summed E-state index contributed by atoms with van der Waals surface area (Å²) in [6.45, 7) is 6.23. The molecule has 1 aromatic rings. The Hall–Kier alpha value is -0.130. The van der Waals surface area contributed by atoms with Crippen molar-refractivity contribution in [2.24, 2.45) is 0 Å². The zero-order valence-electron chi connectivity index (χ0n) is 10.5. The third kappa shape index (κ3) is 3.68. The molecule has 1 aromatic carbocycles. The molecule has 0 spiro atoms. The van der Waals surface area contributed by atoms with E-state index in [1.165, 1.54) is 11.1 Å². The van der Waals surface area contributed by atoms with Crippen LogP contribution in [0.1, 0.15) is 17.2 Å². The Bertz CT molecular complexity index is 383. The summed E-state index contributed by atoms with van der Waals surface area (Å²) in [5.74, 6) is 0. The Kier molecular flexibility index (Phi) is 6.60. The predicted molar refractivity (Wildman–Crippen MR) is 80.4 cm³/mol. The first-order valence-electron chi connectivity index (χ1n) is 6.04.